The zero-order valence-electron chi connectivity index (χ0n) is 15.5. The zero-order valence-corrected chi connectivity index (χ0v) is 16.3. The van der Waals surface area contributed by atoms with E-state index in [0.29, 0.717) is 42.5 Å². The van der Waals surface area contributed by atoms with Gasteiger partial charge in [-0.05, 0) is 29.8 Å². The molecule has 1 aromatic carbocycles. The molecule has 6 nitrogen and oxygen atoms in total. The second-order valence-corrected chi connectivity index (χ2v) is 7.71. The van der Waals surface area contributed by atoms with E-state index in [2.05, 4.69) is 4.99 Å². The molecule has 1 unspecified atom stereocenters. The Labute approximate surface area is 167 Å². The number of allylic oxidation sites excluding steroid dienone is 1. The highest BCUT2D eigenvalue weighted by Crippen LogP contribution is 2.34. The minimum absolute atomic E-state index is 0.0438. The zero-order chi connectivity index (χ0) is 19.5. The number of nitrogens with zero attached hydrogens (tertiary/aromatic N) is 2. The lowest BCUT2D eigenvalue weighted by Gasteiger charge is -2.29. The molecule has 28 heavy (non-hydrogen) atoms. The van der Waals surface area contributed by atoms with E-state index in [1.54, 1.807) is 18.1 Å². The maximum Gasteiger partial charge on any atom is 0.283 e. The van der Waals surface area contributed by atoms with Crippen LogP contribution >= 0.6 is 11.8 Å². The van der Waals surface area contributed by atoms with Gasteiger partial charge in [-0.25, -0.2) is 4.99 Å². The van der Waals surface area contributed by atoms with Gasteiger partial charge in [-0.1, -0.05) is 24.3 Å². The smallest absolute Gasteiger partial charge is 0.283 e. The number of amides is 2. The molecule has 144 valence electrons. The van der Waals surface area contributed by atoms with Crippen LogP contribution in [0.15, 0.2) is 58.0 Å². The number of hydrogen-bond donors (Lipinski definition) is 0. The van der Waals surface area contributed by atoms with E-state index in [-0.39, 0.29) is 17.1 Å². The van der Waals surface area contributed by atoms with Gasteiger partial charge in [0, 0.05) is 18.7 Å². The molecule has 2 aliphatic heterocycles. The first kappa shape index (κ1) is 18.7. The van der Waals surface area contributed by atoms with Gasteiger partial charge in [0.2, 0.25) is 0 Å². The molecular weight excluding hydrogens is 376 g/mol. The van der Waals surface area contributed by atoms with Crippen LogP contribution < -0.4 is 4.74 Å². The third kappa shape index (κ3) is 3.95. The second kappa shape index (κ2) is 8.16. The van der Waals surface area contributed by atoms with E-state index in [1.807, 2.05) is 42.5 Å². The van der Waals surface area contributed by atoms with Crippen LogP contribution in [-0.2, 0) is 14.3 Å². The molecule has 2 heterocycles. The Balaban J connectivity index is 1.53. The Hall–Kier alpha value is -2.64. The van der Waals surface area contributed by atoms with Crippen LogP contribution in [0.4, 0.5) is 0 Å². The Morgan fingerprint density at radius 3 is 2.75 bits per heavy atom. The fourth-order valence-corrected chi connectivity index (χ4v) is 4.19. The van der Waals surface area contributed by atoms with Gasteiger partial charge in [0.1, 0.15) is 5.75 Å². The van der Waals surface area contributed by atoms with Crippen molar-refractivity contribution in [1.82, 2.24) is 4.90 Å². The molecule has 1 fully saturated rings. The van der Waals surface area contributed by atoms with Crippen LogP contribution in [0.2, 0.25) is 0 Å². The molecule has 2 amide bonds. The number of benzene rings is 1. The van der Waals surface area contributed by atoms with Crippen LogP contribution in [0, 0.1) is 0 Å². The van der Waals surface area contributed by atoms with Crippen molar-refractivity contribution in [3.63, 3.8) is 0 Å². The first-order valence-corrected chi connectivity index (χ1v) is 9.94. The molecule has 3 aliphatic rings. The van der Waals surface area contributed by atoms with Crippen molar-refractivity contribution in [2.75, 3.05) is 33.4 Å². The summed E-state index contributed by atoms with van der Waals surface area (Å²) < 4.78 is 10.5. The third-order valence-corrected chi connectivity index (χ3v) is 5.90. The van der Waals surface area contributed by atoms with Crippen molar-refractivity contribution in [3.05, 3.63) is 58.5 Å². The number of ether oxygens (including phenoxy) is 2. The number of methoxy groups -OCH3 is 1. The van der Waals surface area contributed by atoms with E-state index in [1.165, 1.54) is 11.8 Å². The Kier molecular flexibility index (Phi) is 5.45. The fraction of sp³-hybridized carbons (Fsp3) is 0.286. The molecule has 0 radical (unpaired) electrons. The SMILES string of the molecule is COc1ccc(/C=C2/SC3C=CC(C(=O)N4CCOCC4)=CC3=NC2=O)cc1. The van der Waals surface area contributed by atoms with Gasteiger partial charge in [-0.3, -0.25) is 9.59 Å². The lowest BCUT2D eigenvalue weighted by atomic mass is 10.0. The topological polar surface area (TPSA) is 68.2 Å². The van der Waals surface area contributed by atoms with E-state index >= 15 is 0 Å². The van der Waals surface area contributed by atoms with E-state index in [0.717, 1.165) is 11.3 Å². The summed E-state index contributed by atoms with van der Waals surface area (Å²) >= 11 is 1.45. The minimum atomic E-state index is -0.281. The highest BCUT2D eigenvalue weighted by Gasteiger charge is 2.29. The summed E-state index contributed by atoms with van der Waals surface area (Å²) in [5.74, 6) is 0.442. The van der Waals surface area contributed by atoms with Crippen molar-refractivity contribution in [1.29, 1.82) is 0 Å². The number of hydrogen-bond acceptors (Lipinski definition) is 5. The van der Waals surface area contributed by atoms with Crippen molar-refractivity contribution in [2.45, 2.75) is 5.25 Å². The van der Waals surface area contributed by atoms with Crippen molar-refractivity contribution in [2.24, 2.45) is 4.99 Å². The van der Waals surface area contributed by atoms with Gasteiger partial charge in [-0.15, -0.1) is 11.8 Å². The van der Waals surface area contributed by atoms with Crippen LogP contribution in [-0.4, -0.2) is 61.1 Å². The number of carbonyl (C=O) groups is 2. The fourth-order valence-electron chi connectivity index (χ4n) is 3.16. The molecule has 0 saturated carbocycles. The average molecular weight is 396 g/mol. The first-order valence-electron chi connectivity index (χ1n) is 9.06. The van der Waals surface area contributed by atoms with Gasteiger partial charge in [0.25, 0.3) is 11.8 Å². The van der Waals surface area contributed by atoms with Gasteiger partial charge in [0.05, 0.1) is 36.2 Å². The number of carbonyl (C=O) groups excluding carboxylic acids is 2. The Morgan fingerprint density at radius 1 is 1.29 bits per heavy atom. The summed E-state index contributed by atoms with van der Waals surface area (Å²) in [5, 5.41) is -0.0663. The molecule has 4 rings (SSSR count). The molecule has 1 aromatic rings. The average Bonchev–Trinajstić information content (AvgIpc) is 2.74. The molecule has 1 saturated heterocycles. The van der Waals surface area contributed by atoms with Gasteiger partial charge in [0.15, 0.2) is 0 Å². The summed E-state index contributed by atoms with van der Waals surface area (Å²) in [4.78, 5) is 31.7. The van der Waals surface area contributed by atoms with E-state index < -0.39 is 0 Å². The number of aliphatic imine (C=N–C) groups is 1. The predicted octanol–water partition coefficient (Wildman–Crippen LogP) is 2.47. The van der Waals surface area contributed by atoms with E-state index in [9.17, 15) is 9.59 Å². The van der Waals surface area contributed by atoms with Gasteiger partial charge in [-0.2, -0.15) is 0 Å². The molecular formula is C21H20N2O4S. The lowest BCUT2D eigenvalue weighted by molar-refractivity contribution is -0.130. The van der Waals surface area contributed by atoms with Crippen molar-refractivity contribution >= 4 is 35.4 Å². The Morgan fingerprint density at radius 2 is 2.04 bits per heavy atom. The molecule has 0 spiro atoms. The summed E-state index contributed by atoms with van der Waals surface area (Å²) in [6.07, 6.45) is 7.33. The monoisotopic (exact) mass is 396 g/mol. The molecule has 1 atom stereocenters. The highest BCUT2D eigenvalue weighted by atomic mass is 32.2. The Bertz CT molecular complexity index is 909. The quantitative estimate of drug-likeness (QED) is 0.735. The minimum Gasteiger partial charge on any atom is -0.497 e. The van der Waals surface area contributed by atoms with Crippen LogP contribution in [0.1, 0.15) is 5.56 Å². The second-order valence-electron chi connectivity index (χ2n) is 6.53. The predicted molar refractivity (Wildman–Crippen MR) is 109 cm³/mol. The van der Waals surface area contributed by atoms with Gasteiger partial charge >= 0.3 is 0 Å². The number of morpholine rings is 1. The van der Waals surface area contributed by atoms with Crippen molar-refractivity contribution < 1.29 is 19.1 Å². The summed E-state index contributed by atoms with van der Waals surface area (Å²) in [6.45, 7) is 2.28. The van der Waals surface area contributed by atoms with Crippen LogP contribution in [0.5, 0.6) is 5.75 Å². The highest BCUT2D eigenvalue weighted by molar-refractivity contribution is 8.05. The molecule has 0 N–H and O–H groups in total. The molecule has 0 bridgehead atoms. The summed E-state index contributed by atoms with van der Waals surface area (Å²) in [6, 6.07) is 7.50. The largest absolute Gasteiger partial charge is 0.497 e. The summed E-state index contributed by atoms with van der Waals surface area (Å²) in [5.41, 5.74) is 2.10. The molecule has 7 heteroatoms. The summed E-state index contributed by atoms with van der Waals surface area (Å²) in [7, 11) is 1.62. The third-order valence-electron chi connectivity index (χ3n) is 4.70. The maximum absolute atomic E-state index is 12.6. The molecule has 0 aromatic heterocycles. The molecule has 1 aliphatic carbocycles. The normalized spacial score (nSPS) is 23.2. The van der Waals surface area contributed by atoms with Crippen LogP contribution in [0.25, 0.3) is 6.08 Å². The number of fused-ring (bicyclic) bond motifs is 1. The van der Waals surface area contributed by atoms with Crippen molar-refractivity contribution in [3.8, 4) is 5.75 Å². The standard InChI is InChI=1S/C21H20N2O4S/c1-26-16-5-2-14(3-6-16)12-19-20(24)22-17-13-15(4-7-18(17)28-19)21(25)23-8-10-27-11-9-23/h2-7,12-13,18H,8-11H2,1H3/b19-12+. The van der Waals surface area contributed by atoms with E-state index in [4.69, 9.17) is 9.47 Å². The van der Waals surface area contributed by atoms with Gasteiger partial charge < -0.3 is 14.4 Å². The lowest BCUT2D eigenvalue weighted by Crippen LogP contribution is -2.41. The maximum atomic E-state index is 12.6. The number of rotatable bonds is 3. The first-order chi connectivity index (χ1) is 13.6. The number of thioether (sulfide) groups is 1. The van der Waals surface area contributed by atoms with Crippen LogP contribution in [0.3, 0.4) is 0 Å².